The van der Waals surface area contributed by atoms with Gasteiger partial charge in [-0.05, 0) is 43.0 Å². The van der Waals surface area contributed by atoms with E-state index in [-0.39, 0.29) is 5.91 Å². The summed E-state index contributed by atoms with van der Waals surface area (Å²) in [5.74, 6) is 0.431. The van der Waals surface area contributed by atoms with E-state index in [1.165, 1.54) is 17.7 Å². The number of hydrogen-bond donors (Lipinski definition) is 0. The van der Waals surface area contributed by atoms with Crippen LogP contribution in [0.1, 0.15) is 40.7 Å². The zero-order valence-electron chi connectivity index (χ0n) is 13.1. The quantitative estimate of drug-likeness (QED) is 0.855. The molecule has 1 unspecified atom stereocenters. The number of amides is 1. The van der Waals surface area contributed by atoms with E-state index < -0.39 is 0 Å². The predicted molar refractivity (Wildman–Crippen MR) is 86.1 cm³/mol. The second kappa shape index (κ2) is 6.16. The largest absolute Gasteiger partial charge is 0.459 e. The molecule has 0 radical (unpaired) electrons. The Labute approximate surface area is 135 Å². The zero-order chi connectivity index (χ0) is 15.6. The van der Waals surface area contributed by atoms with Crippen molar-refractivity contribution in [1.82, 2.24) is 14.8 Å². The van der Waals surface area contributed by atoms with Gasteiger partial charge in [0.2, 0.25) is 0 Å². The van der Waals surface area contributed by atoms with Crippen LogP contribution in [-0.4, -0.2) is 46.9 Å². The van der Waals surface area contributed by atoms with E-state index in [2.05, 4.69) is 16.0 Å². The molecule has 1 fully saturated rings. The molecule has 4 rings (SSSR count). The van der Waals surface area contributed by atoms with E-state index in [1.807, 2.05) is 17.2 Å². The molecule has 0 bridgehead atoms. The van der Waals surface area contributed by atoms with Gasteiger partial charge in [0, 0.05) is 32.4 Å². The number of carbonyl (C=O) groups is 1. The molecule has 1 saturated heterocycles. The molecule has 1 atom stereocenters. The maximum Gasteiger partial charge on any atom is 0.289 e. The van der Waals surface area contributed by atoms with Gasteiger partial charge in [-0.2, -0.15) is 0 Å². The molecular weight excluding hydrogens is 290 g/mol. The molecule has 1 aliphatic heterocycles. The van der Waals surface area contributed by atoms with Crippen LogP contribution in [0.5, 0.6) is 0 Å². The van der Waals surface area contributed by atoms with E-state index in [4.69, 9.17) is 4.42 Å². The summed E-state index contributed by atoms with van der Waals surface area (Å²) in [5, 5.41) is 0. The maximum atomic E-state index is 12.3. The van der Waals surface area contributed by atoms with Crippen LogP contribution in [0.25, 0.3) is 0 Å². The Balaban J connectivity index is 1.43. The van der Waals surface area contributed by atoms with Gasteiger partial charge < -0.3 is 9.32 Å². The summed E-state index contributed by atoms with van der Waals surface area (Å²) in [6.45, 7) is 3.29. The molecule has 0 saturated carbocycles. The third kappa shape index (κ3) is 2.77. The van der Waals surface area contributed by atoms with E-state index in [9.17, 15) is 4.79 Å². The standard InChI is InChI=1S/C18H21N3O2/c22-18(16-7-3-13-23-16)21-11-9-20(10-12-21)15-6-1-4-14-5-2-8-19-17(14)15/h2-3,5,7-8,13,15H,1,4,6,9-12H2. The van der Waals surface area contributed by atoms with Crippen LogP contribution in [0.2, 0.25) is 0 Å². The first kappa shape index (κ1) is 14.5. The molecule has 0 spiro atoms. The van der Waals surface area contributed by atoms with E-state index >= 15 is 0 Å². The van der Waals surface area contributed by atoms with Gasteiger partial charge in [-0.15, -0.1) is 0 Å². The maximum absolute atomic E-state index is 12.3. The van der Waals surface area contributed by atoms with Gasteiger partial charge >= 0.3 is 0 Å². The van der Waals surface area contributed by atoms with Gasteiger partial charge in [-0.1, -0.05) is 6.07 Å². The fraction of sp³-hybridized carbons (Fsp3) is 0.444. The lowest BCUT2D eigenvalue weighted by Crippen LogP contribution is -2.50. The molecule has 0 aromatic carbocycles. The summed E-state index contributed by atoms with van der Waals surface area (Å²) in [4.78, 5) is 21.3. The SMILES string of the molecule is O=C(c1ccco1)N1CCN(C2CCCc3cccnc32)CC1. The summed E-state index contributed by atoms with van der Waals surface area (Å²) in [5.41, 5.74) is 2.63. The molecule has 120 valence electrons. The highest BCUT2D eigenvalue weighted by atomic mass is 16.3. The molecule has 0 N–H and O–H groups in total. The Bertz CT molecular complexity index is 675. The van der Waals surface area contributed by atoms with Crippen LogP contribution in [0, 0.1) is 0 Å². The number of nitrogens with zero attached hydrogens (tertiary/aromatic N) is 3. The highest BCUT2D eigenvalue weighted by molar-refractivity contribution is 5.91. The molecule has 1 amide bonds. The lowest BCUT2D eigenvalue weighted by atomic mass is 9.90. The van der Waals surface area contributed by atoms with Crippen LogP contribution in [0.15, 0.2) is 41.1 Å². The van der Waals surface area contributed by atoms with Crippen LogP contribution in [0.4, 0.5) is 0 Å². The third-order valence-electron chi connectivity index (χ3n) is 4.94. The Hall–Kier alpha value is -2.14. The summed E-state index contributed by atoms with van der Waals surface area (Å²) in [7, 11) is 0. The lowest BCUT2D eigenvalue weighted by Gasteiger charge is -2.40. The first-order valence-electron chi connectivity index (χ1n) is 8.33. The number of piperazine rings is 1. The summed E-state index contributed by atoms with van der Waals surface area (Å²) < 4.78 is 5.22. The smallest absolute Gasteiger partial charge is 0.289 e. The van der Waals surface area contributed by atoms with Crippen LogP contribution >= 0.6 is 0 Å². The molecule has 3 heterocycles. The Morgan fingerprint density at radius 1 is 1.17 bits per heavy atom. The Morgan fingerprint density at radius 3 is 2.83 bits per heavy atom. The Kier molecular flexibility index (Phi) is 3.87. The molecule has 23 heavy (non-hydrogen) atoms. The number of hydrogen-bond acceptors (Lipinski definition) is 4. The van der Waals surface area contributed by atoms with Crippen molar-refractivity contribution in [3.8, 4) is 0 Å². The van der Waals surface area contributed by atoms with Crippen molar-refractivity contribution in [2.75, 3.05) is 26.2 Å². The number of pyridine rings is 1. The number of furan rings is 1. The fourth-order valence-corrected chi connectivity index (χ4v) is 3.73. The second-order valence-corrected chi connectivity index (χ2v) is 6.26. The normalized spacial score (nSPS) is 21.9. The zero-order valence-corrected chi connectivity index (χ0v) is 13.1. The van der Waals surface area contributed by atoms with Gasteiger partial charge in [0.05, 0.1) is 18.0 Å². The monoisotopic (exact) mass is 311 g/mol. The highest BCUT2D eigenvalue weighted by Crippen LogP contribution is 2.33. The van der Waals surface area contributed by atoms with Crippen molar-refractivity contribution in [3.63, 3.8) is 0 Å². The first-order valence-corrected chi connectivity index (χ1v) is 8.33. The molecule has 2 aromatic rings. The summed E-state index contributed by atoms with van der Waals surface area (Å²) in [6, 6.07) is 8.12. The van der Waals surface area contributed by atoms with Crippen LogP contribution in [-0.2, 0) is 6.42 Å². The number of fused-ring (bicyclic) bond motifs is 1. The molecular formula is C18H21N3O2. The van der Waals surface area contributed by atoms with Crippen molar-refractivity contribution in [2.45, 2.75) is 25.3 Å². The minimum atomic E-state index is -0.00295. The van der Waals surface area contributed by atoms with Crippen LogP contribution < -0.4 is 0 Å². The number of rotatable bonds is 2. The third-order valence-corrected chi connectivity index (χ3v) is 4.94. The van der Waals surface area contributed by atoms with Gasteiger partial charge in [0.15, 0.2) is 5.76 Å². The molecule has 1 aliphatic carbocycles. The first-order chi connectivity index (χ1) is 11.3. The Morgan fingerprint density at radius 2 is 2.04 bits per heavy atom. The van der Waals surface area contributed by atoms with Gasteiger partial charge in [0.25, 0.3) is 5.91 Å². The van der Waals surface area contributed by atoms with Crippen molar-refractivity contribution < 1.29 is 9.21 Å². The van der Waals surface area contributed by atoms with Crippen molar-refractivity contribution in [2.24, 2.45) is 0 Å². The van der Waals surface area contributed by atoms with Crippen molar-refractivity contribution >= 4 is 5.91 Å². The average molecular weight is 311 g/mol. The minimum Gasteiger partial charge on any atom is -0.459 e. The highest BCUT2D eigenvalue weighted by Gasteiger charge is 2.31. The van der Waals surface area contributed by atoms with E-state index in [1.54, 1.807) is 18.4 Å². The van der Waals surface area contributed by atoms with Gasteiger partial charge in [-0.3, -0.25) is 14.7 Å². The van der Waals surface area contributed by atoms with E-state index in [0.29, 0.717) is 11.8 Å². The lowest BCUT2D eigenvalue weighted by molar-refractivity contribution is 0.0516. The predicted octanol–water partition coefficient (Wildman–Crippen LogP) is 2.51. The topological polar surface area (TPSA) is 49.6 Å². The minimum absolute atomic E-state index is 0.00295. The van der Waals surface area contributed by atoms with Gasteiger partial charge in [0.1, 0.15) is 0 Å². The molecule has 2 aliphatic rings. The fourth-order valence-electron chi connectivity index (χ4n) is 3.73. The van der Waals surface area contributed by atoms with Crippen molar-refractivity contribution in [1.29, 1.82) is 0 Å². The average Bonchev–Trinajstić information content (AvgIpc) is 3.15. The summed E-state index contributed by atoms with van der Waals surface area (Å²) >= 11 is 0. The molecule has 2 aromatic heterocycles. The van der Waals surface area contributed by atoms with E-state index in [0.717, 1.165) is 39.0 Å². The number of aromatic nitrogens is 1. The molecule has 5 heteroatoms. The van der Waals surface area contributed by atoms with Gasteiger partial charge in [-0.25, -0.2) is 0 Å². The number of aryl methyl sites for hydroxylation is 1. The van der Waals surface area contributed by atoms with Crippen molar-refractivity contribution in [3.05, 3.63) is 53.7 Å². The number of carbonyl (C=O) groups excluding carboxylic acids is 1. The summed E-state index contributed by atoms with van der Waals surface area (Å²) in [6.07, 6.45) is 6.96. The molecule has 5 nitrogen and oxygen atoms in total. The van der Waals surface area contributed by atoms with Crippen LogP contribution in [0.3, 0.4) is 0 Å². The second-order valence-electron chi connectivity index (χ2n) is 6.26.